The lowest BCUT2D eigenvalue weighted by atomic mass is 10.3. The number of carbonyl (C=O) groups is 1. The zero-order valence-corrected chi connectivity index (χ0v) is 17.8. The van der Waals surface area contributed by atoms with Gasteiger partial charge in [-0.3, -0.25) is 9.36 Å². The number of halogens is 4. The average molecular weight is 471 g/mol. The van der Waals surface area contributed by atoms with E-state index in [-0.39, 0.29) is 6.61 Å². The summed E-state index contributed by atoms with van der Waals surface area (Å²) in [6, 6.07) is 16.1. The van der Waals surface area contributed by atoms with E-state index in [4.69, 9.17) is 16.3 Å². The third kappa shape index (κ3) is 6.38. The summed E-state index contributed by atoms with van der Waals surface area (Å²) in [6.07, 6.45) is -4.48. The average Bonchev–Trinajstić information content (AvgIpc) is 3.13. The van der Waals surface area contributed by atoms with Crippen LogP contribution >= 0.6 is 23.4 Å². The van der Waals surface area contributed by atoms with Crippen LogP contribution in [0.1, 0.15) is 12.7 Å². The summed E-state index contributed by atoms with van der Waals surface area (Å²) in [5.74, 6) is 0.163. The number of amides is 1. The summed E-state index contributed by atoms with van der Waals surface area (Å²) < 4.78 is 44.6. The van der Waals surface area contributed by atoms with Gasteiger partial charge in [-0.15, -0.1) is 10.2 Å². The van der Waals surface area contributed by atoms with E-state index in [1.165, 1.54) is 6.92 Å². The highest BCUT2D eigenvalue weighted by Gasteiger charge is 2.29. The van der Waals surface area contributed by atoms with E-state index in [1.54, 1.807) is 28.8 Å². The van der Waals surface area contributed by atoms with Crippen molar-refractivity contribution in [3.05, 3.63) is 65.4 Å². The monoisotopic (exact) mass is 470 g/mol. The van der Waals surface area contributed by atoms with E-state index in [1.807, 2.05) is 35.6 Å². The van der Waals surface area contributed by atoms with Crippen molar-refractivity contribution in [3.63, 3.8) is 0 Å². The molecule has 0 aliphatic carbocycles. The largest absolute Gasteiger partial charge is 0.484 e. The number of thioether (sulfide) groups is 1. The van der Waals surface area contributed by atoms with Crippen molar-refractivity contribution in [2.75, 3.05) is 6.54 Å². The molecule has 1 N–H and O–H groups in total. The number of para-hydroxylation sites is 2. The van der Waals surface area contributed by atoms with Crippen LogP contribution in [0, 0.1) is 0 Å². The van der Waals surface area contributed by atoms with E-state index < -0.39 is 23.9 Å². The molecule has 31 heavy (non-hydrogen) atoms. The lowest BCUT2D eigenvalue weighted by Gasteiger charge is -2.15. The summed E-state index contributed by atoms with van der Waals surface area (Å²) in [5, 5.41) is 10.1. The zero-order valence-electron chi connectivity index (χ0n) is 16.3. The standard InChI is InChI=1S/C20H18ClF3N4O2S/c1-13(18(29)25-12-20(22,23)24)31-19-27-26-17(28(19)14-7-3-2-4-8-14)11-30-16-10-6-5-9-15(16)21/h2-10,13H,11-12H2,1H3,(H,25,29). The van der Waals surface area contributed by atoms with Crippen LogP contribution in [0.2, 0.25) is 5.02 Å². The summed E-state index contributed by atoms with van der Waals surface area (Å²) in [6.45, 7) is 0.153. The summed E-state index contributed by atoms with van der Waals surface area (Å²) in [4.78, 5) is 12.1. The molecule has 0 bridgehead atoms. The molecule has 3 aromatic rings. The normalized spacial score (nSPS) is 12.4. The first-order chi connectivity index (χ1) is 14.7. The van der Waals surface area contributed by atoms with E-state index in [2.05, 4.69) is 10.2 Å². The van der Waals surface area contributed by atoms with Crippen molar-refractivity contribution in [1.82, 2.24) is 20.1 Å². The number of aromatic nitrogens is 3. The lowest BCUT2D eigenvalue weighted by Crippen LogP contribution is -2.38. The first-order valence-corrected chi connectivity index (χ1v) is 10.4. The Morgan fingerprint density at radius 2 is 1.84 bits per heavy atom. The van der Waals surface area contributed by atoms with Crippen molar-refractivity contribution in [2.24, 2.45) is 0 Å². The second kappa shape index (κ2) is 10.1. The van der Waals surface area contributed by atoms with Crippen LogP contribution in [-0.4, -0.2) is 38.6 Å². The first kappa shape index (κ1) is 23.0. The van der Waals surface area contributed by atoms with Crippen LogP contribution in [0.25, 0.3) is 5.69 Å². The molecule has 1 atom stereocenters. The predicted molar refractivity (Wildman–Crippen MR) is 112 cm³/mol. The number of nitrogens with zero attached hydrogens (tertiary/aromatic N) is 3. The maximum Gasteiger partial charge on any atom is 0.405 e. The Morgan fingerprint density at radius 3 is 2.52 bits per heavy atom. The minimum atomic E-state index is -4.48. The number of hydrogen-bond donors (Lipinski definition) is 1. The van der Waals surface area contributed by atoms with E-state index in [0.29, 0.717) is 21.8 Å². The number of hydrogen-bond acceptors (Lipinski definition) is 5. The van der Waals surface area contributed by atoms with Crippen molar-refractivity contribution in [2.45, 2.75) is 30.1 Å². The number of alkyl halides is 3. The highest BCUT2D eigenvalue weighted by Crippen LogP contribution is 2.28. The Morgan fingerprint density at radius 1 is 1.16 bits per heavy atom. The van der Waals surface area contributed by atoms with Gasteiger partial charge >= 0.3 is 6.18 Å². The van der Waals surface area contributed by atoms with E-state index in [9.17, 15) is 18.0 Å². The van der Waals surface area contributed by atoms with Gasteiger partial charge in [-0.05, 0) is 31.2 Å². The smallest absolute Gasteiger partial charge is 0.405 e. The molecule has 164 valence electrons. The molecule has 2 aromatic carbocycles. The van der Waals surface area contributed by atoms with Crippen LogP contribution in [0.5, 0.6) is 5.75 Å². The first-order valence-electron chi connectivity index (χ1n) is 9.13. The minimum Gasteiger partial charge on any atom is -0.484 e. The molecule has 0 radical (unpaired) electrons. The van der Waals surface area contributed by atoms with Gasteiger partial charge in [0.15, 0.2) is 11.0 Å². The molecule has 1 heterocycles. The number of carbonyl (C=O) groups excluding carboxylic acids is 1. The van der Waals surface area contributed by atoms with Gasteiger partial charge in [0.25, 0.3) is 0 Å². The molecule has 6 nitrogen and oxygen atoms in total. The van der Waals surface area contributed by atoms with Gasteiger partial charge in [0.1, 0.15) is 18.9 Å². The van der Waals surface area contributed by atoms with Gasteiger partial charge in [0.2, 0.25) is 5.91 Å². The molecular weight excluding hydrogens is 453 g/mol. The van der Waals surface area contributed by atoms with Crippen LogP contribution in [0.3, 0.4) is 0 Å². The third-order valence-corrected chi connectivity index (χ3v) is 5.38. The Labute approximate surface area is 185 Å². The summed E-state index contributed by atoms with van der Waals surface area (Å²) in [7, 11) is 0. The van der Waals surface area contributed by atoms with Gasteiger partial charge in [0, 0.05) is 5.69 Å². The van der Waals surface area contributed by atoms with Gasteiger partial charge in [-0.25, -0.2) is 0 Å². The molecule has 0 saturated carbocycles. The minimum absolute atomic E-state index is 0.0425. The number of benzene rings is 2. The fourth-order valence-electron chi connectivity index (χ4n) is 2.55. The summed E-state index contributed by atoms with van der Waals surface area (Å²) in [5.41, 5.74) is 0.718. The maximum atomic E-state index is 12.4. The van der Waals surface area contributed by atoms with Gasteiger partial charge < -0.3 is 10.1 Å². The van der Waals surface area contributed by atoms with E-state index in [0.717, 1.165) is 17.4 Å². The highest BCUT2D eigenvalue weighted by molar-refractivity contribution is 8.00. The third-order valence-electron chi connectivity index (χ3n) is 4.02. The second-order valence-electron chi connectivity index (χ2n) is 6.38. The van der Waals surface area contributed by atoms with Gasteiger partial charge in [-0.2, -0.15) is 13.2 Å². The SMILES string of the molecule is CC(Sc1nnc(COc2ccccc2Cl)n1-c1ccccc1)C(=O)NCC(F)(F)F. The van der Waals surface area contributed by atoms with Crippen molar-refractivity contribution >= 4 is 29.3 Å². The highest BCUT2D eigenvalue weighted by atomic mass is 35.5. The van der Waals surface area contributed by atoms with Gasteiger partial charge in [-0.1, -0.05) is 53.7 Å². The quantitative estimate of drug-likeness (QED) is 0.485. The van der Waals surface area contributed by atoms with Crippen molar-refractivity contribution < 1.29 is 22.7 Å². The van der Waals surface area contributed by atoms with Crippen molar-refractivity contribution in [3.8, 4) is 11.4 Å². The van der Waals surface area contributed by atoms with Crippen LogP contribution < -0.4 is 10.1 Å². The van der Waals surface area contributed by atoms with Crippen molar-refractivity contribution in [1.29, 1.82) is 0 Å². The molecule has 3 rings (SSSR count). The molecule has 1 unspecified atom stereocenters. The molecular formula is C20H18ClF3N4O2S. The number of ether oxygens (including phenoxy) is 1. The predicted octanol–water partition coefficient (Wildman–Crippen LogP) is 4.66. The maximum absolute atomic E-state index is 12.4. The zero-order chi connectivity index (χ0) is 22.4. The Bertz CT molecular complexity index is 1030. The lowest BCUT2D eigenvalue weighted by molar-refractivity contribution is -0.137. The molecule has 0 fully saturated rings. The van der Waals surface area contributed by atoms with Crippen LogP contribution in [0.15, 0.2) is 59.8 Å². The Balaban J connectivity index is 1.80. The van der Waals surface area contributed by atoms with Gasteiger partial charge in [0.05, 0.1) is 10.3 Å². The summed E-state index contributed by atoms with van der Waals surface area (Å²) >= 11 is 7.12. The molecule has 1 aromatic heterocycles. The van der Waals surface area contributed by atoms with Crippen LogP contribution in [-0.2, 0) is 11.4 Å². The molecule has 0 saturated heterocycles. The number of rotatable bonds is 8. The topological polar surface area (TPSA) is 69.0 Å². The molecule has 0 spiro atoms. The Hall–Kier alpha value is -2.72. The van der Waals surface area contributed by atoms with E-state index >= 15 is 0 Å². The number of nitrogens with one attached hydrogen (secondary N) is 1. The van der Waals surface area contributed by atoms with Crippen LogP contribution in [0.4, 0.5) is 13.2 Å². The molecule has 1 amide bonds. The second-order valence-corrected chi connectivity index (χ2v) is 8.10. The molecule has 11 heteroatoms. The Kier molecular flexibility index (Phi) is 7.45. The molecule has 0 aliphatic heterocycles. The molecule has 0 aliphatic rings. The fraction of sp³-hybridized carbons (Fsp3) is 0.250. The fourth-order valence-corrected chi connectivity index (χ4v) is 3.65.